The molecule has 7 heteroatoms. The Morgan fingerprint density at radius 3 is 2.70 bits per heavy atom. The van der Waals surface area contributed by atoms with Crippen LogP contribution >= 0.6 is 27.5 Å². The number of carbonyl (C=O) groups excluding carboxylic acids is 1. The van der Waals surface area contributed by atoms with Crippen molar-refractivity contribution >= 4 is 39.7 Å². The van der Waals surface area contributed by atoms with E-state index in [1.165, 1.54) is 18.6 Å². The molecule has 0 saturated heterocycles. The molecule has 0 radical (unpaired) electrons. The zero-order valence-electron chi connectivity index (χ0n) is 14.1. The number of amides is 1. The number of pyridine rings is 1. The van der Waals surface area contributed by atoms with Gasteiger partial charge in [0.2, 0.25) is 0 Å². The van der Waals surface area contributed by atoms with Gasteiger partial charge in [-0.3, -0.25) is 9.78 Å². The Bertz CT molecular complexity index is 994. The van der Waals surface area contributed by atoms with Crippen molar-refractivity contribution in [3.05, 3.63) is 92.7 Å². The lowest BCUT2D eigenvalue weighted by Gasteiger charge is -2.09. The van der Waals surface area contributed by atoms with Crippen LogP contribution in [-0.2, 0) is 6.42 Å². The first kappa shape index (κ1) is 19.1. The first-order valence-corrected chi connectivity index (χ1v) is 9.20. The number of benzene rings is 2. The van der Waals surface area contributed by atoms with Crippen molar-refractivity contribution in [2.24, 2.45) is 5.10 Å². The van der Waals surface area contributed by atoms with Crippen LogP contribution in [0.2, 0.25) is 5.02 Å². The number of aromatic hydroxyl groups is 1. The fourth-order valence-corrected chi connectivity index (χ4v) is 3.19. The molecular formula is C20H15BrClN3O2. The lowest BCUT2D eigenvalue weighted by atomic mass is 10.0. The quantitative estimate of drug-likeness (QED) is 0.447. The van der Waals surface area contributed by atoms with E-state index in [2.05, 4.69) is 31.4 Å². The summed E-state index contributed by atoms with van der Waals surface area (Å²) in [6.07, 6.45) is 5.05. The first-order chi connectivity index (χ1) is 13.0. The van der Waals surface area contributed by atoms with Crippen LogP contribution in [0.25, 0.3) is 0 Å². The highest BCUT2D eigenvalue weighted by Gasteiger charge is 2.09. The molecule has 0 aliphatic rings. The predicted octanol–water partition coefficient (Wildman–Crippen LogP) is 4.56. The molecule has 3 aromatic rings. The summed E-state index contributed by atoms with van der Waals surface area (Å²) < 4.78 is 0.536. The van der Waals surface area contributed by atoms with E-state index in [0.29, 0.717) is 27.0 Å². The second-order valence-electron chi connectivity index (χ2n) is 5.72. The molecule has 0 aliphatic carbocycles. The van der Waals surface area contributed by atoms with Crippen molar-refractivity contribution in [3.8, 4) is 5.75 Å². The van der Waals surface area contributed by atoms with Crippen molar-refractivity contribution in [1.82, 2.24) is 10.4 Å². The highest BCUT2D eigenvalue weighted by atomic mass is 79.9. The number of aromatic nitrogens is 1. The van der Waals surface area contributed by atoms with Crippen LogP contribution in [0.3, 0.4) is 0 Å². The van der Waals surface area contributed by atoms with E-state index >= 15 is 0 Å². The number of hydrogen-bond donors (Lipinski definition) is 2. The number of phenolic OH excluding ortho intramolecular Hbond substituents is 1. The number of nitrogens with one attached hydrogen (secondary N) is 1. The molecule has 0 aliphatic heterocycles. The summed E-state index contributed by atoms with van der Waals surface area (Å²) in [5.41, 5.74) is 5.26. The Kier molecular flexibility index (Phi) is 6.21. The van der Waals surface area contributed by atoms with E-state index in [4.69, 9.17) is 11.6 Å². The van der Waals surface area contributed by atoms with Crippen LogP contribution in [0.5, 0.6) is 5.75 Å². The lowest BCUT2D eigenvalue weighted by molar-refractivity contribution is 0.0955. The minimum atomic E-state index is -0.362. The second kappa shape index (κ2) is 8.79. The molecule has 0 unspecified atom stereocenters. The number of halogens is 2. The number of phenols is 1. The van der Waals surface area contributed by atoms with Gasteiger partial charge >= 0.3 is 0 Å². The number of rotatable bonds is 5. The zero-order valence-corrected chi connectivity index (χ0v) is 16.4. The molecule has 0 bridgehead atoms. The summed E-state index contributed by atoms with van der Waals surface area (Å²) >= 11 is 9.57. The third-order valence-electron chi connectivity index (χ3n) is 3.82. The van der Waals surface area contributed by atoms with Crippen LogP contribution in [0.1, 0.15) is 27.0 Å². The van der Waals surface area contributed by atoms with E-state index in [1.807, 2.05) is 30.3 Å². The molecular weight excluding hydrogens is 430 g/mol. The van der Waals surface area contributed by atoms with Gasteiger partial charge in [0.05, 0.1) is 10.7 Å². The van der Waals surface area contributed by atoms with Gasteiger partial charge < -0.3 is 5.11 Å². The predicted molar refractivity (Wildman–Crippen MR) is 109 cm³/mol. The maximum atomic E-state index is 12.0. The molecule has 2 N–H and O–H groups in total. The lowest BCUT2D eigenvalue weighted by Crippen LogP contribution is -2.17. The maximum Gasteiger partial charge on any atom is 0.271 e. The molecule has 3 rings (SSSR count). The molecule has 1 aromatic heterocycles. The summed E-state index contributed by atoms with van der Waals surface area (Å²) in [6.45, 7) is 0. The molecule has 1 amide bonds. The second-order valence-corrected chi connectivity index (χ2v) is 6.98. The number of nitrogens with zero attached hydrogens (tertiary/aromatic N) is 2. The summed E-state index contributed by atoms with van der Waals surface area (Å²) in [5, 5.41) is 14.9. The van der Waals surface area contributed by atoms with Crippen LogP contribution in [-0.4, -0.2) is 22.2 Å². The molecule has 1 heterocycles. The van der Waals surface area contributed by atoms with E-state index in [1.54, 1.807) is 18.2 Å². The average molecular weight is 445 g/mol. The van der Waals surface area contributed by atoms with Crippen molar-refractivity contribution in [2.45, 2.75) is 6.42 Å². The Hall–Kier alpha value is -2.70. The third-order valence-corrected chi connectivity index (χ3v) is 4.79. The number of hydrogen-bond acceptors (Lipinski definition) is 4. The average Bonchev–Trinajstić information content (AvgIpc) is 2.68. The smallest absolute Gasteiger partial charge is 0.271 e. The molecule has 27 heavy (non-hydrogen) atoms. The van der Waals surface area contributed by atoms with Crippen LogP contribution in [0.15, 0.2) is 70.5 Å². The standard InChI is InChI=1S/C20H15BrClN3O2/c21-17-11-13(9-15-3-1-2-4-18(15)22)10-16(19(17)26)12-24-25-20(27)14-5-7-23-8-6-14/h1-8,10-12,26H,9H2,(H,25,27)/b24-12-. The molecule has 0 spiro atoms. The normalized spacial score (nSPS) is 10.9. The van der Waals surface area contributed by atoms with Crippen molar-refractivity contribution < 1.29 is 9.90 Å². The monoisotopic (exact) mass is 443 g/mol. The molecule has 5 nitrogen and oxygen atoms in total. The van der Waals surface area contributed by atoms with E-state index in [-0.39, 0.29) is 11.7 Å². The van der Waals surface area contributed by atoms with Gasteiger partial charge in [-0.2, -0.15) is 5.10 Å². The fraction of sp³-hybridized carbons (Fsp3) is 0.0500. The van der Waals surface area contributed by atoms with Gasteiger partial charge in [0.1, 0.15) is 5.75 Å². The van der Waals surface area contributed by atoms with Crippen molar-refractivity contribution in [2.75, 3.05) is 0 Å². The SMILES string of the molecule is O=C(N/N=C\c1cc(Cc2ccccc2Cl)cc(Br)c1O)c1ccncc1. The van der Waals surface area contributed by atoms with E-state index in [9.17, 15) is 9.90 Å². The Balaban J connectivity index is 1.78. The molecule has 0 atom stereocenters. The Labute approximate surface area is 169 Å². The van der Waals surface area contributed by atoms with E-state index < -0.39 is 0 Å². The molecule has 2 aromatic carbocycles. The Morgan fingerprint density at radius 1 is 1.22 bits per heavy atom. The zero-order chi connectivity index (χ0) is 19.2. The number of hydrazone groups is 1. The van der Waals surface area contributed by atoms with Gasteiger partial charge in [0.25, 0.3) is 5.91 Å². The summed E-state index contributed by atoms with van der Waals surface area (Å²) in [6, 6.07) is 14.4. The topological polar surface area (TPSA) is 74.6 Å². The summed E-state index contributed by atoms with van der Waals surface area (Å²) in [5.74, 6) is -0.320. The van der Waals surface area contributed by atoms with Gasteiger partial charge in [-0.15, -0.1) is 0 Å². The minimum Gasteiger partial charge on any atom is -0.506 e. The van der Waals surface area contributed by atoms with E-state index in [0.717, 1.165) is 11.1 Å². The highest BCUT2D eigenvalue weighted by Crippen LogP contribution is 2.30. The Morgan fingerprint density at radius 2 is 1.96 bits per heavy atom. The van der Waals surface area contributed by atoms with Crippen LogP contribution < -0.4 is 5.43 Å². The number of carbonyl (C=O) groups is 1. The molecule has 136 valence electrons. The van der Waals surface area contributed by atoms with Gasteiger partial charge in [0.15, 0.2) is 0 Å². The minimum absolute atomic E-state index is 0.0415. The van der Waals surface area contributed by atoms with Gasteiger partial charge in [0, 0.05) is 28.5 Å². The highest BCUT2D eigenvalue weighted by molar-refractivity contribution is 9.10. The summed E-state index contributed by atoms with van der Waals surface area (Å²) in [4.78, 5) is 15.9. The van der Waals surface area contributed by atoms with Gasteiger partial charge in [-0.05, 0) is 63.8 Å². The largest absolute Gasteiger partial charge is 0.506 e. The van der Waals surface area contributed by atoms with Crippen molar-refractivity contribution in [3.63, 3.8) is 0 Å². The van der Waals surface area contributed by atoms with Gasteiger partial charge in [-0.1, -0.05) is 29.8 Å². The van der Waals surface area contributed by atoms with Crippen LogP contribution in [0, 0.1) is 0 Å². The van der Waals surface area contributed by atoms with Gasteiger partial charge in [-0.25, -0.2) is 5.43 Å². The summed E-state index contributed by atoms with van der Waals surface area (Å²) in [7, 11) is 0. The molecule has 0 saturated carbocycles. The van der Waals surface area contributed by atoms with Crippen LogP contribution in [0.4, 0.5) is 0 Å². The van der Waals surface area contributed by atoms with Crippen molar-refractivity contribution in [1.29, 1.82) is 0 Å². The fourth-order valence-electron chi connectivity index (χ4n) is 2.47. The first-order valence-electron chi connectivity index (χ1n) is 8.03. The maximum absolute atomic E-state index is 12.0. The molecule has 0 fully saturated rings. The third kappa shape index (κ3) is 4.93.